The number of carbonyl (C=O) groups excluding carboxylic acids is 1. The van der Waals surface area contributed by atoms with E-state index in [4.69, 9.17) is 0 Å². The average molecular weight is 374 g/mol. The van der Waals surface area contributed by atoms with Crippen molar-refractivity contribution in [1.29, 1.82) is 0 Å². The molecule has 0 spiro atoms. The topological polar surface area (TPSA) is 53.4 Å². The molecule has 134 valence electrons. The second-order valence-electron chi connectivity index (χ2n) is 5.15. The lowest BCUT2D eigenvalue weighted by molar-refractivity contribution is -0.132. The number of nitrogens with one attached hydrogen (secondary N) is 1. The molecule has 1 aromatic heterocycles. The lowest BCUT2D eigenvalue weighted by Gasteiger charge is -2.28. The highest BCUT2D eigenvalue weighted by molar-refractivity contribution is 5.85. The molecule has 1 N–H and O–H groups in total. The molecule has 1 aliphatic heterocycles. The molecule has 2 rings (SSSR count). The quantitative estimate of drug-likeness (QED) is 0.818. The highest BCUT2D eigenvalue weighted by Gasteiger charge is 2.17. The van der Waals surface area contributed by atoms with E-state index in [-0.39, 0.29) is 30.7 Å². The first-order chi connectivity index (χ1) is 10.1. The zero-order valence-electron chi connectivity index (χ0n) is 13.0. The van der Waals surface area contributed by atoms with Crippen LogP contribution in [0.1, 0.15) is 18.8 Å². The summed E-state index contributed by atoms with van der Waals surface area (Å²) in [4.78, 5) is 19.6. The minimum absolute atomic E-state index is 0. The zero-order valence-corrected chi connectivity index (χ0v) is 14.6. The molecule has 0 unspecified atom stereocenters. The fraction of sp³-hybridized carbons (Fsp3) is 0.692. The molecule has 1 fully saturated rings. The predicted molar refractivity (Wildman–Crippen MR) is 88.4 cm³/mol. The third-order valence-corrected chi connectivity index (χ3v) is 3.55. The molecule has 2 heterocycles. The maximum Gasteiger partial charge on any atom is 0.319 e. The van der Waals surface area contributed by atoms with Crippen molar-refractivity contribution < 1.29 is 13.6 Å². The third-order valence-electron chi connectivity index (χ3n) is 3.55. The van der Waals surface area contributed by atoms with Crippen molar-refractivity contribution in [3.8, 4) is 0 Å². The third kappa shape index (κ3) is 6.58. The molecule has 1 aromatic rings. The highest BCUT2D eigenvalue weighted by atomic mass is 35.5. The molecule has 1 aliphatic rings. The van der Waals surface area contributed by atoms with Gasteiger partial charge >= 0.3 is 6.55 Å². The molecule has 0 aromatic carbocycles. The Labute approximate surface area is 147 Å². The average Bonchev–Trinajstić information content (AvgIpc) is 2.94. The maximum atomic E-state index is 12.7. The van der Waals surface area contributed by atoms with Gasteiger partial charge in [-0.2, -0.15) is 8.78 Å². The van der Waals surface area contributed by atoms with Crippen molar-refractivity contribution in [2.24, 2.45) is 0 Å². The van der Waals surface area contributed by atoms with Crippen LogP contribution in [-0.4, -0.2) is 65.0 Å². The molecule has 0 bridgehead atoms. The molecular formula is C13H23Cl2F2N5O. The first-order valence-electron chi connectivity index (χ1n) is 7.05. The molecule has 0 saturated carbocycles. The summed E-state index contributed by atoms with van der Waals surface area (Å²) in [5.41, 5.74) is 0. The van der Waals surface area contributed by atoms with Gasteiger partial charge in [0.05, 0.1) is 6.54 Å². The Kier molecular flexibility index (Phi) is 10.3. The number of rotatable bonds is 6. The van der Waals surface area contributed by atoms with Crippen LogP contribution < -0.4 is 5.32 Å². The second kappa shape index (κ2) is 10.7. The van der Waals surface area contributed by atoms with Crippen molar-refractivity contribution in [1.82, 2.24) is 24.7 Å². The van der Waals surface area contributed by atoms with Crippen molar-refractivity contribution in [2.75, 3.05) is 39.8 Å². The summed E-state index contributed by atoms with van der Waals surface area (Å²) in [5.74, 6) is 0.419. The highest BCUT2D eigenvalue weighted by Crippen LogP contribution is 2.13. The number of piperazine rings is 1. The van der Waals surface area contributed by atoms with Crippen LogP contribution in [-0.2, 0) is 11.3 Å². The summed E-state index contributed by atoms with van der Waals surface area (Å²) in [6.07, 6.45) is 3.02. The van der Waals surface area contributed by atoms with Gasteiger partial charge in [-0.05, 0) is 7.05 Å². The van der Waals surface area contributed by atoms with Gasteiger partial charge in [0.15, 0.2) is 0 Å². The van der Waals surface area contributed by atoms with E-state index in [2.05, 4.69) is 10.3 Å². The molecule has 0 aliphatic carbocycles. The van der Waals surface area contributed by atoms with E-state index in [1.165, 1.54) is 12.4 Å². The van der Waals surface area contributed by atoms with Crippen molar-refractivity contribution in [2.45, 2.75) is 19.5 Å². The number of hydrogen-bond acceptors (Lipinski definition) is 4. The molecule has 23 heavy (non-hydrogen) atoms. The molecule has 0 atom stereocenters. The largest absolute Gasteiger partial charge is 0.340 e. The van der Waals surface area contributed by atoms with Gasteiger partial charge in [-0.15, -0.1) is 24.8 Å². The van der Waals surface area contributed by atoms with Gasteiger partial charge in [0.1, 0.15) is 5.82 Å². The number of nitrogens with zero attached hydrogens (tertiary/aromatic N) is 4. The van der Waals surface area contributed by atoms with Gasteiger partial charge < -0.3 is 10.2 Å². The molecule has 6 nitrogen and oxygen atoms in total. The summed E-state index contributed by atoms with van der Waals surface area (Å²) >= 11 is 0. The van der Waals surface area contributed by atoms with Crippen molar-refractivity contribution >= 4 is 30.7 Å². The van der Waals surface area contributed by atoms with Crippen LogP contribution in [0, 0.1) is 0 Å². The smallest absolute Gasteiger partial charge is 0.319 e. The first kappa shape index (κ1) is 22.0. The Morgan fingerprint density at radius 2 is 2.04 bits per heavy atom. The van der Waals surface area contributed by atoms with E-state index in [0.717, 1.165) is 30.7 Å². The van der Waals surface area contributed by atoms with Crippen LogP contribution in [0.3, 0.4) is 0 Å². The molecule has 1 amide bonds. The van der Waals surface area contributed by atoms with Crippen LogP contribution in [0.15, 0.2) is 12.4 Å². The summed E-state index contributed by atoms with van der Waals surface area (Å²) in [6.45, 7) is 1.36. The Morgan fingerprint density at radius 3 is 2.65 bits per heavy atom. The number of aromatic nitrogens is 2. The molecule has 10 heteroatoms. The molecule has 0 radical (unpaired) electrons. The number of hydrogen-bond donors (Lipinski definition) is 1. The molecule has 1 saturated heterocycles. The maximum absolute atomic E-state index is 12.7. The number of amides is 1. The van der Waals surface area contributed by atoms with Gasteiger partial charge in [0, 0.05) is 51.5 Å². The van der Waals surface area contributed by atoms with E-state index < -0.39 is 6.55 Å². The summed E-state index contributed by atoms with van der Waals surface area (Å²) in [7, 11) is 1.80. The van der Waals surface area contributed by atoms with Gasteiger partial charge in [0.25, 0.3) is 0 Å². The van der Waals surface area contributed by atoms with Crippen molar-refractivity contribution in [3.63, 3.8) is 0 Å². The van der Waals surface area contributed by atoms with E-state index in [9.17, 15) is 13.6 Å². The lowest BCUT2D eigenvalue weighted by Crippen LogP contribution is -2.47. The summed E-state index contributed by atoms with van der Waals surface area (Å²) in [5, 5.41) is 3.19. The van der Waals surface area contributed by atoms with Crippen molar-refractivity contribution in [3.05, 3.63) is 18.2 Å². The predicted octanol–water partition coefficient (Wildman–Crippen LogP) is 1.38. The Hall–Kier alpha value is -0.960. The van der Waals surface area contributed by atoms with Gasteiger partial charge in [-0.3, -0.25) is 14.3 Å². The summed E-state index contributed by atoms with van der Waals surface area (Å²) in [6, 6.07) is 0. The van der Waals surface area contributed by atoms with E-state index >= 15 is 0 Å². The minimum atomic E-state index is -2.58. The zero-order chi connectivity index (χ0) is 15.2. The Balaban J connectivity index is 0.00000242. The normalized spacial score (nSPS) is 14.6. The van der Waals surface area contributed by atoms with Crippen LogP contribution in [0.25, 0.3) is 0 Å². The van der Waals surface area contributed by atoms with Crippen LogP contribution in [0.5, 0.6) is 0 Å². The number of halogens is 4. The van der Waals surface area contributed by atoms with E-state index in [1.807, 2.05) is 9.80 Å². The Bertz CT molecular complexity index is 469. The molecular weight excluding hydrogens is 351 g/mol. The second-order valence-corrected chi connectivity index (χ2v) is 5.15. The fourth-order valence-electron chi connectivity index (χ4n) is 2.32. The summed E-state index contributed by atoms with van der Waals surface area (Å²) < 4.78 is 26.3. The number of imidazole rings is 1. The standard InChI is InChI=1S/C13H21F2N5O.2ClH/c1-18(10-11-17-5-9-20(11)13(14)15)6-2-12(21)19-7-3-16-4-8-19;;/h5,9,13,16H,2-4,6-8,10H2,1H3;2*1H. The van der Waals surface area contributed by atoms with Gasteiger partial charge in [-0.25, -0.2) is 4.98 Å². The monoisotopic (exact) mass is 373 g/mol. The number of carbonyl (C=O) groups is 1. The van der Waals surface area contributed by atoms with E-state index in [0.29, 0.717) is 25.3 Å². The lowest BCUT2D eigenvalue weighted by atomic mass is 10.3. The van der Waals surface area contributed by atoms with Gasteiger partial charge in [0.2, 0.25) is 5.91 Å². The number of alkyl halides is 2. The van der Waals surface area contributed by atoms with Gasteiger partial charge in [-0.1, -0.05) is 0 Å². The first-order valence-corrected chi connectivity index (χ1v) is 7.05. The minimum Gasteiger partial charge on any atom is -0.340 e. The Morgan fingerprint density at radius 1 is 1.39 bits per heavy atom. The SMILES string of the molecule is CN(CCC(=O)N1CCNCC1)Cc1nccn1C(F)F.Cl.Cl. The van der Waals surface area contributed by atoms with Crippen LogP contribution >= 0.6 is 24.8 Å². The van der Waals surface area contributed by atoms with Crippen LogP contribution in [0.2, 0.25) is 0 Å². The van der Waals surface area contributed by atoms with Crippen LogP contribution in [0.4, 0.5) is 8.78 Å². The van der Waals surface area contributed by atoms with E-state index in [1.54, 1.807) is 7.05 Å². The fourth-order valence-corrected chi connectivity index (χ4v) is 2.32.